The summed E-state index contributed by atoms with van der Waals surface area (Å²) in [5.74, 6) is 2.43. The zero-order chi connectivity index (χ0) is 19.9. The Bertz CT molecular complexity index is 974. The molecule has 4 rings (SSSR count). The van der Waals surface area contributed by atoms with E-state index in [0.717, 1.165) is 24.5 Å². The van der Waals surface area contributed by atoms with E-state index in [0.29, 0.717) is 31.1 Å². The lowest BCUT2D eigenvalue weighted by Crippen LogP contribution is -2.42. The molecule has 2 aliphatic heterocycles. The molecule has 10 heteroatoms. The molecule has 0 radical (unpaired) electrons. The molecule has 152 valence electrons. The molecule has 9 nitrogen and oxygen atoms in total. The number of methoxy groups -OCH3 is 3. The number of benzene rings is 1. The highest BCUT2D eigenvalue weighted by atomic mass is 32.2. The SMILES string of the molecule is COCc1nnc2n1CC1CCC(C2)N1S(=O)(=O)c1ccc(OC)c(OC)c1. The fraction of sp³-hybridized carbons (Fsp3) is 0.556. The summed E-state index contributed by atoms with van der Waals surface area (Å²) in [6.07, 6.45) is 2.16. The van der Waals surface area contributed by atoms with Crippen LogP contribution in [0.1, 0.15) is 24.5 Å². The van der Waals surface area contributed by atoms with E-state index >= 15 is 0 Å². The number of sulfonamides is 1. The summed E-state index contributed by atoms with van der Waals surface area (Å²) >= 11 is 0. The standard InChI is InChI=1S/C18H24N4O5S/c1-25-11-18-20-19-17-8-12-4-5-13(10-21(17)18)22(12)28(23,24)14-6-7-15(26-2)16(9-14)27-3/h6-7,9,12-13H,4-5,8,10-11H2,1-3H3. The molecule has 1 aromatic carbocycles. The zero-order valence-electron chi connectivity index (χ0n) is 16.2. The van der Waals surface area contributed by atoms with Gasteiger partial charge in [0.25, 0.3) is 0 Å². The van der Waals surface area contributed by atoms with Gasteiger partial charge >= 0.3 is 0 Å². The highest BCUT2D eigenvalue weighted by molar-refractivity contribution is 7.89. The molecule has 2 aliphatic rings. The molecule has 2 bridgehead atoms. The Balaban J connectivity index is 1.70. The van der Waals surface area contributed by atoms with E-state index in [1.807, 2.05) is 4.57 Å². The molecule has 3 heterocycles. The molecular weight excluding hydrogens is 384 g/mol. The van der Waals surface area contributed by atoms with Gasteiger partial charge in [-0.25, -0.2) is 8.42 Å². The summed E-state index contributed by atoms with van der Waals surface area (Å²) in [5, 5.41) is 8.47. The van der Waals surface area contributed by atoms with Crippen LogP contribution in [0.2, 0.25) is 0 Å². The van der Waals surface area contributed by atoms with Crippen molar-refractivity contribution in [2.24, 2.45) is 0 Å². The first kappa shape index (κ1) is 19.2. The molecule has 0 aliphatic carbocycles. The van der Waals surface area contributed by atoms with Gasteiger partial charge in [0.15, 0.2) is 17.3 Å². The second-order valence-electron chi connectivity index (χ2n) is 7.02. The van der Waals surface area contributed by atoms with Crippen molar-refractivity contribution in [3.63, 3.8) is 0 Å². The lowest BCUT2D eigenvalue weighted by Gasteiger charge is -2.27. The van der Waals surface area contributed by atoms with Gasteiger partial charge in [-0.3, -0.25) is 0 Å². The topological polar surface area (TPSA) is 95.8 Å². The molecule has 2 aromatic rings. The molecule has 0 saturated carbocycles. The highest BCUT2D eigenvalue weighted by Crippen LogP contribution is 2.38. The van der Waals surface area contributed by atoms with Crippen molar-refractivity contribution in [3.05, 3.63) is 29.8 Å². The Kier molecular flexibility index (Phi) is 5.02. The fourth-order valence-corrected chi connectivity index (χ4v) is 6.06. The molecular formula is C18H24N4O5S. The van der Waals surface area contributed by atoms with Gasteiger partial charge in [0.1, 0.15) is 12.4 Å². The number of hydrogen-bond donors (Lipinski definition) is 0. The molecule has 0 spiro atoms. The quantitative estimate of drug-likeness (QED) is 0.709. The van der Waals surface area contributed by atoms with Crippen LogP contribution in [-0.4, -0.2) is 60.9 Å². The van der Waals surface area contributed by atoms with E-state index in [9.17, 15) is 8.42 Å². The number of hydrogen-bond acceptors (Lipinski definition) is 7. The van der Waals surface area contributed by atoms with Gasteiger partial charge in [-0.05, 0) is 25.0 Å². The highest BCUT2D eigenvalue weighted by Gasteiger charge is 2.45. The zero-order valence-corrected chi connectivity index (χ0v) is 17.0. The monoisotopic (exact) mass is 408 g/mol. The maximum atomic E-state index is 13.5. The molecule has 1 fully saturated rings. The average Bonchev–Trinajstić information content (AvgIpc) is 3.20. The number of nitrogens with zero attached hydrogens (tertiary/aromatic N) is 4. The second-order valence-corrected chi connectivity index (χ2v) is 8.86. The molecule has 1 aromatic heterocycles. The third kappa shape index (κ3) is 3.05. The van der Waals surface area contributed by atoms with Crippen molar-refractivity contribution in [1.82, 2.24) is 19.1 Å². The molecule has 2 atom stereocenters. The third-order valence-electron chi connectivity index (χ3n) is 5.47. The first-order valence-electron chi connectivity index (χ1n) is 9.15. The van der Waals surface area contributed by atoms with Gasteiger partial charge in [0, 0.05) is 38.2 Å². The van der Waals surface area contributed by atoms with E-state index in [1.54, 1.807) is 23.5 Å². The van der Waals surface area contributed by atoms with Crippen molar-refractivity contribution in [3.8, 4) is 11.5 Å². The van der Waals surface area contributed by atoms with Crippen LogP contribution in [0.25, 0.3) is 0 Å². The average molecular weight is 408 g/mol. The Hall–Kier alpha value is -2.17. The summed E-state index contributed by atoms with van der Waals surface area (Å²) in [5.41, 5.74) is 0. The first-order valence-corrected chi connectivity index (χ1v) is 10.6. The predicted molar refractivity (Wildman–Crippen MR) is 99.8 cm³/mol. The van der Waals surface area contributed by atoms with Gasteiger partial charge in [0.2, 0.25) is 10.0 Å². The number of ether oxygens (including phenoxy) is 3. The molecule has 28 heavy (non-hydrogen) atoms. The predicted octanol–water partition coefficient (Wildman–Crippen LogP) is 1.22. The normalized spacial score (nSPS) is 22.0. The van der Waals surface area contributed by atoms with Crippen molar-refractivity contribution >= 4 is 10.0 Å². The fourth-order valence-electron chi connectivity index (χ4n) is 4.18. The van der Waals surface area contributed by atoms with E-state index in [4.69, 9.17) is 14.2 Å². The maximum Gasteiger partial charge on any atom is 0.243 e. The number of aromatic nitrogens is 3. The maximum absolute atomic E-state index is 13.5. The molecule has 0 N–H and O–H groups in total. The minimum atomic E-state index is -3.69. The van der Waals surface area contributed by atoms with Gasteiger partial charge in [0.05, 0.1) is 19.1 Å². The van der Waals surface area contributed by atoms with E-state index in [2.05, 4.69) is 10.2 Å². The van der Waals surface area contributed by atoms with Gasteiger partial charge in [-0.2, -0.15) is 4.31 Å². The first-order chi connectivity index (χ1) is 13.5. The molecule has 2 unspecified atom stereocenters. The van der Waals surface area contributed by atoms with Crippen LogP contribution in [0, 0.1) is 0 Å². The summed E-state index contributed by atoms with van der Waals surface area (Å²) in [6.45, 7) is 0.886. The van der Waals surface area contributed by atoms with Crippen LogP contribution < -0.4 is 9.47 Å². The Morgan fingerprint density at radius 2 is 1.82 bits per heavy atom. The van der Waals surface area contributed by atoms with Crippen molar-refractivity contribution in [2.75, 3.05) is 21.3 Å². The van der Waals surface area contributed by atoms with E-state index in [1.165, 1.54) is 20.3 Å². The summed E-state index contributed by atoms with van der Waals surface area (Å²) < 4.78 is 46.4. The van der Waals surface area contributed by atoms with Gasteiger partial charge in [-0.15, -0.1) is 10.2 Å². The van der Waals surface area contributed by atoms with Crippen molar-refractivity contribution < 1.29 is 22.6 Å². The second kappa shape index (κ2) is 7.34. The lowest BCUT2D eigenvalue weighted by molar-refractivity contribution is 0.172. The van der Waals surface area contributed by atoms with Crippen LogP contribution in [-0.2, 0) is 34.3 Å². The third-order valence-corrected chi connectivity index (χ3v) is 7.47. The number of rotatable bonds is 6. The molecule has 0 amide bonds. The largest absolute Gasteiger partial charge is 0.493 e. The van der Waals surface area contributed by atoms with Crippen LogP contribution in [0.15, 0.2) is 23.1 Å². The Labute approximate surface area is 164 Å². The van der Waals surface area contributed by atoms with Gasteiger partial charge in [-0.1, -0.05) is 0 Å². The van der Waals surface area contributed by atoms with Crippen molar-refractivity contribution in [1.29, 1.82) is 0 Å². The minimum Gasteiger partial charge on any atom is -0.493 e. The Morgan fingerprint density at radius 3 is 2.54 bits per heavy atom. The molecule has 1 saturated heterocycles. The van der Waals surface area contributed by atoms with Crippen LogP contribution in [0.4, 0.5) is 0 Å². The van der Waals surface area contributed by atoms with Gasteiger partial charge < -0.3 is 18.8 Å². The van der Waals surface area contributed by atoms with E-state index in [-0.39, 0.29) is 17.0 Å². The van der Waals surface area contributed by atoms with Crippen LogP contribution in [0.3, 0.4) is 0 Å². The van der Waals surface area contributed by atoms with Crippen LogP contribution in [0.5, 0.6) is 11.5 Å². The summed E-state index contributed by atoms with van der Waals surface area (Å²) in [6, 6.07) is 4.43. The Morgan fingerprint density at radius 1 is 1.07 bits per heavy atom. The smallest absolute Gasteiger partial charge is 0.243 e. The van der Waals surface area contributed by atoms with Crippen LogP contribution >= 0.6 is 0 Å². The summed E-state index contributed by atoms with van der Waals surface area (Å²) in [7, 11) is 0.930. The minimum absolute atomic E-state index is 0.135. The van der Waals surface area contributed by atoms with Crippen molar-refractivity contribution in [2.45, 2.75) is 49.4 Å². The summed E-state index contributed by atoms with van der Waals surface area (Å²) in [4.78, 5) is 0.205. The number of fused-ring (bicyclic) bond motifs is 3. The lowest BCUT2D eigenvalue weighted by atomic mass is 10.1. The van der Waals surface area contributed by atoms with E-state index < -0.39 is 10.0 Å².